The molecule has 98 valence electrons. The normalized spacial score (nSPS) is 18.2. The minimum Gasteiger partial charge on any atom is -0.488 e. The summed E-state index contributed by atoms with van der Waals surface area (Å²) in [4.78, 5) is 0. The van der Waals surface area contributed by atoms with E-state index in [1.165, 1.54) is 24.0 Å². The molecule has 0 heterocycles. The van der Waals surface area contributed by atoms with E-state index in [-0.39, 0.29) is 0 Å². The molecule has 1 N–H and O–H groups in total. The highest BCUT2D eigenvalue weighted by molar-refractivity contribution is 6.29. The van der Waals surface area contributed by atoms with Crippen LogP contribution < -0.4 is 10.1 Å². The molecular formula is C15H20ClNO. The number of aryl methyl sites for hydroxylation is 1. The highest BCUT2D eigenvalue weighted by Gasteiger charge is 2.19. The molecule has 3 heteroatoms. The summed E-state index contributed by atoms with van der Waals surface area (Å²) in [5.74, 6) is 0.882. The Hall–Kier alpha value is -0.990. The lowest BCUT2D eigenvalue weighted by atomic mass is 9.87. The fraction of sp³-hybridized carbons (Fsp3) is 0.467. The van der Waals surface area contributed by atoms with E-state index in [0.29, 0.717) is 17.7 Å². The lowest BCUT2D eigenvalue weighted by Gasteiger charge is -2.26. The van der Waals surface area contributed by atoms with Crippen molar-refractivity contribution in [2.75, 3.05) is 13.2 Å². The smallest absolute Gasteiger partial charge is 0.123 e. The molecule has 1 aromatic rings. The van der Waals surface area contributed by atoms with Crippen LogP contribution in [0.4, 0.5) is 0 Å². The van der Waals surface area contributed by atoms with E-state index >= 15 is 0 Å². The second-order valence-electron chi connectivity index (χ2n) is 4.67. The predicted molar refractivity (Wildman–Crippen MR) is 76.3 cm³/mol. The van der Waals surface area contributed by atoms with Crippen molar-refractivity contribution in [1.82, 2.24) is 5.32 Å². The first-order valence-corrected chi connectivity index (χ1v) is 6.90. The summed E-state index contributed by atoms with van der Waals surface area (Å²) in [6.07, 6.45) is 3.59. The SMILES string of the molecule is C=C(Cl)COc1ccc2c(c1)CCCC2NCC. The lowest BCUT2D eigenvalue weighted by Crippen LogP contribution is -2.24. The third-order valence-electron chi connectivity index (χ3n) is 3.27. The van der Waals surface area contributed by atoms with Gasteiger partial charge in [-0.1, -0.05) is 31.2 Å². The van der Waals surface area contributed by atoms with Crippen LogP contribution in [0.2, 0.25) is 0 Å². The van der Waals surface area contributed by atoms with Gasteiger partial charge in [-0.2, -0.15) is 0 Å². The molecule has 0 fully saturated rings. The van der Waals surface area contributed by atoms with Gasteiger partial charge in [0.1, 0.15) is 12.4 Å². The summed E-state index contributed by atoms with van der Waals surface area (Å²) < 4.78 is 5.58. The maximum atomic E-state index is 5.71. The van der Waals surface area contributed by atoms with Crippen LogP contribution in [0.15, 0.2) is 29.8 Å². The fourth-order valence-corrected chi connectivity index (χ4v) is 2.56. The minimum atomic E-state index is 0.372. The van der Waals surface area contributed by atoms with Gasteiger partial charge >= 0.3 is 0 Å². The molecular weight excluding hydrogens is 246 g/mol. The first-order valence-electron chi connectivity index (χ1n) is 6.53. The van der Waals surface area contributed by atoms with Crippen molar-refractivity contribution in [2.45, 2.75) is 32.2 Å². The van der Waals surface area contributed by atoms with Gasteiger partial charge in [-0.3, -0.25) is 0 Å². The van der Waals surface area contributed by atoms with E-state index in [1.807, 2.05) is 6.07 Å². The van der Waals surface area contributed by atoms with Crippen LogP contribution >= 0.6 is 11.6 Å². The Morgan fingerprint density at radius 2 is 2.39 bits per heavy atom. The topological polar surface area (TPSA) is 21.3 Å². The van der Waals surface area contributed by atoms with Crippen LogP contribution in [0.1, 0.15) is 36.9 Å². The number of halogens is 1. The number of fused-ring (bicyclic) bond motifs is 1. The Balaban J connectivity index is 2.13. The largest absolute Gasteiger partial charge is 0.488 e. The molecule has 0 aromatic heterocycles. The minimum absolute atomic E-state index is 0.372. The third-order valence-corrected chi connectivity index (χ3v) is 3.38. The second-order valence-corrected chi connectivity index (χ2v) is 5.20. The van der Waals surface area contributed by atoms with Gasteiger partial charge in [0.25, 0.3) is 0 Å². The highest BCUT2D eigenvalue weighted by Crippen LogP contribution is 2.32. The van der Waals surface area contributed by atoms with Crippen molar-refractivity contribution in [3.63, 3.8) is 0 Å². The number of hydrogen-bond acceptors (Lipinski definition) is 2. The van der Waals surface area contributed by atoms with E-state index in [2.05, 4.69) is 31.0 Å². The van der Waals surface area contributed by atoms with Crippen molar-refractivity contribution < 1.29 is 4.74 Å². The molecule has 0 spiro atoms. The Kier molecular flexibility index (Phi) is 4.67. The van der Waals surface area contributed by atoms with Gasteiger partial charge in [-0.15, -0.1) is 0 Å². The van der Waals surface area contributed by atoms with Crippen molar-refractivity contribution in [3.05, 3.63) is 40.9 Å². The van der Waals surface area contributed by atoms with Crippen molar-refractivity contribution in [2.24, 2.45) is 0 Å². The zero-order valence-corrected chi connectivity index (χ0v) is 11.6. The Morgan fingerprint density at radius 3 is 3.11 bits per heavy atom. The number of nitrogens with one attached hydrogen (secondary N) is 1. The number of rotatable bonds is 5. The molecule has 0 saturated carbocycles. The number of ether oxygens (including phenoxy) is 1. The number of hydrogen-bond donors (Lipinski definition) is 1. The quantitative estimate of drug-likeness (QED) is 0.874. The molecule has 1 aliphatic rings. The summed E-state index contributed by atoms with van der Waals surface area (Å²) in [6, 6.07) is 6.83. The Labute approximate surface area is 114 Å². The van der Waals surface area contributed by atoms with Gasteiger partial charge in [0.15, 0.2) is 0 Å². The van der Waals surface area contributed by atoms with E-state index in [4.69, 9.17) is 16.3 Å². The van der Waals surface area contributed by atoms with E-state index in [1.54, 1.807) is 0 Å². The Bertz CT molecular complexity index is 431. The maximum Gasteiger partial charge on any atom is 0.123 e. The van der Waals surface area contributed by atoms with Crippen molar-refractivity contribution in [1.29, 1.82) is 0 Å². The van der Waals surface area contributed by atoms with Crippen LogP contribution in [0.25, 0.3) is 0 Å². The summed E-state index contributed by atoms with van der Waals surface area (Å²) in [5.41, 5.74) is 2.81. The summed E-state index contributed by atoms with van der Waals surface area (Å²) in [6.45, 7) is 7.16. The van der Waals surface area contributed by atoms with Crippen LogP contribution in [-0.2, 0) is 6.42 Å². The zero-order chi connectivity index (χ0) is 13.0. The molecule has 0 radical (unpaired) electrons. The fourth-order valence-electron chi connectivity index (χ4n) is 2.50. The standard InChI is InChI=1S/C15H20ClNO/c1-3-17-15-6-4-5-12-9-13(7-8-14(12)15)18-10-11(2)16/h7-9,15,17H,2-6,10H2,1H3. The molecule has 1 aliphatic carbocycles. The van der Waals surface area contributed by atoms with E-state index < -0.39 is 0 Å². The maximum absolute atomic E-state index is 5.71. The molecule has 0 saturated heterocycles. The van der Waals surface area contributed by atoms with Gasteiger partial charge in [0, 0.05) is 11.1 Å². The molecule has 1 atom stereocenters. The van der Waals surface area contributed by atoms with Crippen molar-refractivity contribution in [3.8, 4) is 5.75 Å². The van der Waals surface area contributed by atoms with Gasteiger partial charge < -0.3 is 10.1 Å². The average Bonchev–Trinajstić information content (AvgIpc) is 2.37. The first-order chi connectivity index (χ1) is 8.70. The van der Waals surface area contributed by atoms with Crippen LogP contribution in [0.5, 0.6) is 5.75 Å². The number of benzene rings is 1. The second kappa shape index (κ2) is 6.26. The summed E-state index contributed by atoms with van der Waals surface area (Å²) in [5, 5.41) is 4.06. The van der Waals surface area contributed by atoms with Crippen LogP contribution in [-0.4, -0.2) is 13.2 Å². The summed E-state index contributed by atoms with van der Waals surface area (Å²) in [7, 11) is 0. The van der Waals surface area contributed by atoms with Crippen LogP contribution in [0.3, 0.4) is 0 Å². The zero-order valence-electron chi connectivity index (χ0n) is 10.8. The van der Waals surface area contributed by atoms with Gasteiger partial charge in [-0.25, -0.2) is 0 Å². The first kappa shape index (κ1) is 13.4. The molecule has 18 heavy (non-hydrogen) atoms. The lowest BCUT2D eigenvalue weighted by molar-refractivity contribution is 0.358. The molecule has 0 aliphatic heterocycles. The van der Waals surface area contributed by atoms with Crippen molar-refractivity contribution >= 4 is 11.6 Å². The monoisotopic (exact) mass is 265 g/mol. The van der Waals surface area contributed by atoms with E-state index in [0.717, 1.165) is 18.7 Å². The van der Waals surface area contributed by atoms with Gasteiger partial charge in [0.05, 0.1) is 0 Å². The molecule has 0 bridgehead atoms. The molecule has 2 nitrogen and oxygen atoms in total. The molecule has 0 amide bonds. The predicted octanol–water partition coefficient (Wildman–Crippen LogP) is 3.80. The highest BCUT2D eigenvalue weighted by atomic mass is 35.5. The molecule has 2 rings (SSSR count). The van der Waals surface area contributed by atoms with Crippen LogP contribution in [0, 0.1) is 0 Å². The Morgan fingerprint density at radius 1 is 1.56 bits per heavy atom. The van der Waals surface area contributed by atoms with Gasteiger partial charge in [0.2, 0.25) is 0 Å². The molecule has 1 aromatic carbocycles. The average molecular weight is 266 g/mol. The summed E-state index contributed by atoms with van der Waals surface area (Å²) >= 11 is 5.71. The van der Waals surface area contributed by atoms with E-state index in [9.17, 15) is 0 Å². The third kappa shape index (κ3) is 3.27. The van der Waals surface area contributed by atoms with Gasteiger partial charge in [-0.05, 0) is 49.1 Å². The molecule has 1 unspecified atom stereocenters.